The van der Waals surface area contributed by atoms with Gasteiger partial charge in [-0.05, 0) is 52.1 Å². The summed E-state index contributed by atoms with van der Waals surface area (Å²) in [6.07, 6.45) is -0.0149. The van der Waals surface area contributed by atoms with Gasteiger partial charge in [0.15, 0.2) is 0 Å². The van der Waals surface area contributed by atoms with E-state index in [9.17, 15) is 13.2 Å². The molecule has 1 amide bonds. The molecule has 2 aliphatic rings. The van der Waals surface area contributed by atoms with E-state index in [0.717, 1.165) is 13.1 Å². The Hall–Kier alpha value is -1.48. The molecule has 2 aliphatic heterocycles. The van der Waals surface area contributed by atoms with Gasteiger partial charge in [0.1, 0.15) is 0 Å². The van der Waals surface area contributed by atoms with Crippen LogP contribution in [0.5, 0.6) is 0 Å². The van der Waals surface area contributed by atoms with Crippen LogP contribution in [0.1, 0.15) is 31.1 Å². The second kappa shape index (κ2) is 7.50. The molecule has 1 aromatic carbocycles. The van der Waals surface area contributed by atoms with Crippen LogP contribution in [0, 0.1) is 0 Å². The molecule has 8 heteroatoms. The highest BCUT2D eigenvalue weighted by molar-refractivity contribution is 7.89. The number of carbonyl (C=O) groups excluding carboxylic acids is 1. The third-order valence-corrected chi connectivity index (χ3v) is 7.25. The molecular formula is C19H29N3O4S. The summed E-state index contributed by atoms with van der Waals surface area (Å²) in [5.74, 6) is -0.0984. The second-order valence-electron chi connectivity index (χ2n) is 8.08. The van der Waals surface area contributed by atoms with Gasteiger partial charge in [-0.25, -0.2) is 8.42 Å². The van der Waals surface area contributed by atoms with Gasteiger partial charge in [-0.2, -0.15) is 4.31 Å². The quantitative estimate of drug-likeness (QED) is 0.771. The van der Waals surface area contributed by atoms with E-state index in [0.29, 0.717) is 31.8 Å². The van der Waals surface area contributed by atoms with E-state index in [1.807, 2.05) is 32.7 Å². The molecule has 0 N–H and O–H groups in total. The Labute approximate surface area is 161 Å². The lowest BCUT2D eigenvalue weighted by molar-refractivity contribution is -0.0755. The number of morpholine rings is 1. The Bertz CT molecular complexity index is 784. The summed E-state index contributed by atoms with van der Waals surface area (Å²) >= 11 is 0. The van der Waals surface area contributed by atoms with Gasteiger partial charge < -0.3 is 14.5 Å². The number of hydrogen-bond acceptors (Lipinski definition) is 5. The fourth-order valence-electron chi connectivity index (χ4n) is 3.44. The van der Waals surface area contributed by atoms with Crippen molar-refractivity contribution >= 4 is 15.9 Å². The fourth-order valence-corrected chi connectivity index (χ4v) is 4.86. The maximum Gasteiger partial charge on any atom is 0.254 e. The Morgan fingerprint density at radius 1 is 1.11 bits per heavy atom. The number of hydrogen-bond donors (Lipinski definition) is 0. The van der Waals surface area contributed by atoms with E-state index < -0.39 is 15.6 Å². The average Bonchev–Trinajstić information content (AvgIpc) is 2.63. The number of carbonyl (C=O) groups is 1. The fraction of sp³-hybridized carbons (Fsp3) is 0.632. The maximum atomic E-state index is 13.0. The van der Waals surface area contributed by atoms with Crippen LogP contribution in [0.15, 0.2) is 29.2 Å². The first-order chi connectivity index (χ1) is 12.6. The van der Waals surface area contributed by atoms with E-state index in [-0.39, 0.29) is 16.9 Å². The minimum absolute atomic E-state index is 0.0149. The van der Waals surface area contributed by atoms with Gasteiger partial charge in [-0.15, -0.1) is 0 Å². The van der Waals surface area contributed by atoms with Gasteiger partial charge in [0, 0.05) is 38.3 Å². The normalized spacial score (nSPS) is 24.7. The molecule has 150 valence electrons. The van der Waals surface area contributed by atoms with Crippen molar-refractivity contribution in [3.05, 3.63) is 29.8 Å². The van der Waals surface area contributed by atoms with Crippen LogP contribution in [0.4, 0.5) is 0 Å². The smallest absolute Gasteiger partial charge is 0.254 e. The van der Waals surface area contributed by atoms with Crippen LogP contribution in [-0.2, 0) is 14.8 Å². The molecule has 1 unspecified atom stereocenters. The Morgan fingerprint density at radius 2 is 1.70 bits per heavy atom. The molecule has 0 aromatic heterocycles. The van der Waals surface area contributed by atoms with Crippen molar-refractivity contribution in [1.29, 1.82) is 0 Å². The summed E-state index contributed by atoms with van der Waals surface area (Å²) in [5.41, 5.74) is 0.100. The van der Waals surface area contributed by atoms with Crippen molar-refractivity contribution in [2.45, 2.75) is 37.3 Å². The first kappa shape index (κ1) is 20.3. The van der Waals surface area contributed by atoms with E-state index in [4.69, 9.17) is 4.74 Å². The molecule has 2 heterocycles. The number of likely N-dealkylation sites (N-methyl/N-ethyl adjacent to an activating group) is 1. The van der Waals surface area contributed by atoms with Crippen molar-refractivity contribution in [1.82, 2.24) is 14.1 Å². The second-order valence-corrected chi connectivity index (χ2v) is 10.0. The van der Waals surface area contributed by atoms with Crippen molar-refractivity contribution in [2.24, 2.45) is 0 Å². The van der Waals surface area contributed by atoms with Crippen LogP contribution in [0.25, 0.3) is 0 Å². The van der Waals surface area contributed by atoms with Crippen molar-refractivity contribution < 1.29 is 17.9 Å². The lowest BCUT2D eigenvalue weighted by Crippen LogP contribution is -2.57. The van der Waals surface area contributed by atoms with Gasteiger partial charge in [0.25, 0.3) is 5.91 Å². The molecule has 27 heavy (non-hydrogen) atoms. The monoisotopic (exact) mass is 395 g/mol. The Balaban J connectivity index is 1.77. The number of nitrogens with zero attached hydrogens (tertiary/aromatic N) is 3. The molecule has 0 spiro atoms. The number of amides is 1. The molecule has 0 bridgehead atoms. The maximum absolute atomic E-state index is 13.0. The highest BCUT2D eigenvalue weighted by atomic mass is 32.2. The van der Waals surface area contributed by atoms with E-state index in [2.05, 4.69) is 4.90 Å². The predicted molar refractivity (Wildman–Crippen MR) is 103 cm³/mol. The number of piperazine rings is 1. The Morgan fingerprint density at radius 3 is 2.30 bits per heavy atom. The molecule has 2 fully saturated rings. The highest BCUT2D eigenvalue weighted by Gasteiger charge is 2.37. The lowest BCUT2D eigenvalue weighted by Gasteiger charge is -2.44. The number of sulfonamides is 1. The summed E-state index contributed by atoms with van der Waals surface area (Å²) in [6, 6.07) is 6.30. The molecule has 3 rings (SSSR count). The van der Waals surface area contributed by atoms with Crippen LogP contribution in [-0.4, -0.2) is 86.5 Å². The SMILES string of the molecule is CC1CN(C(=O)c2ccc(S(=O)(=O)N3CCN(C)CC3)cc2)C(C)(C)CO1. The molecule has 0 aliphatic carbocycles. The summed E-state index contributed by atoms with van der Waals surface area (Å²) < 4.78 is 32.8. The third kappa shape index (κ3) is 4.18. The van der Waals surface area contributed by atoms with E-state index in [1.165, 1.54) is 16.4 Å². The predicted octanol–water partition coefficient (Wildman–Crippen LogP) is 1.26. The minimum Gasteiger partial charge on any atom is -0.374 e. The van der Waals surface area contributed by atoms with E-state index >= 15 is 0 Å². The summed E-state index contributed by atoms with van der Waals surface area (Å²) in [7, 11) is -1.54. The number of benzene rings is 1. The molecule has 0 saturated carbocycles. The Kier molecular flexibility index (Phi) is 5.63. The standard InChI is InChI=1S/C19H29N3O4S/c1-15-13-22(19(2,3)14-26-15)18(23)16-5-7-17(8-6-16)27(24,25)21-11-9-20(4)10-12-21/h5-8,15H,9-14H2,1-4H3. The van der Waals surface area contributed by atoms with Gasteiger partial charge in [-0.3, -0.25) is 4.79 Å². The zero-order chi connectivity index (χ0) is 19.8. The van der Waals surface area contributed by atoms with Crippen LogP contribution < -0.4 is 0 Å². The zero-order valence-electron chi connectivity index (χ0n) is 16.5. The highest BCUT2D eigenvalue weighted by Crippen LogP contribution is 2.25. The average molecular weight is 396 g/mol. The van der Waals surface area contributed by atoms with Gasteiger partial charge in [0.05, 0.1) is 23.1 Å². The summed E-state index contributed by atoms with van der Waals surface area (Å²) in [6.45, 7) is 9.31. The molecule has 7 nitrogen and oxygen atoms in total. The first-order valence-corrected chi connectivity index (χ1v) is 10.8. The van der Waals surface area contributed by atoms with E-state index in [1.54, 1.807) is 12.1 Å². The third-order valence-electron chi connectivity index (χ3n) is 5.34. The first-order valence-electron chi connectivity index (χ1n) is 9.33. The molecule has 2 saturated heterocycles. The van der Waals surface area contributed by atoms with Crippen molar-refractivity contribution in [3.63, 3.8) is 0 Å². The molecule has 1 atom stereocenters. The number of rotatable bonds is 3. The van der Waals surface area contributed by atoms with Gasteiger partial charge in [0.2, 0.25) is 10.0 Å². The zero-order valence-corrected chi connectivity index (χ0v) is 17.3. The largest absolute Gasteiger partial charge is 0.374 e. The van der Waals surface area contributed by atoms with Crippen LogP contribution in [0.3, 0.4) is 0 Å². The van der Waals surface area contributed by atoms with Crippen LogP contribution >= 0.6 is 0 Å². The van der Waals surface area contributed by atoms with Gasteiger partial charge >= 0.3 is 0 Å². The van der Waals surface area contributed by atoms with Crippen LogP contribution in [0.2, 0.25) is 0 Å². The van der Waals surface area contributed by atoms with Crippen molar-refractivity contribution in [2.75, 3.05) is 46.4 Å². The van der Waals surface area contributed by atoms with Gasteiger partial charge in [-0.1, -0.05) is 0 Å². The molecular weight excluding hydrogens is 366 g/mol. The molecule has 1 aromatic rings. The summed E-state index contributed by atoms with van der Waals surface area (Å²) in [5, 5.41) is 0. The molecule has 0 radical (unpaired) electrons. The summed E-state index contributed by atoms with van der Waals surface area (Å²) in [4.78, 5) is 17.1. The number of ether oxygens (including phenoxy) is 1. The topological polar surface area (TPSA) is 70.2 Å². The minimum atomic E-state index is -3.52. The lowest BCUT2D eigenvalue weighted by atomic mass is 9.99. The van der Waals surface area contributed by atoms with Crippen molar-refractivity contribution in [3.8, 4) is 0 Å².